The van der Waals surface area contributed by atoms with E-state index < -0.39 is 0 Å². The molecule has 2 rings (SSSR count). The van der Waals surface area contributed by atoms with Gasteiger partial charge < -0.3 is 19.9 Å². The summed E-state index contributed by atoms with van der Waals surface area (Å²) in [6.45, 7) is -0.0797. The maximum Gasteiger partial charge on any atom is 0.248 e. The first-order chi connectivity index (χ1) is 11.6. The summed E-state index contributed by atoms with van der Waals surface area (Å²) in [5.74, 6) is 0.637. The van der Waals surface area contributed by atoms with Crippen molar-refractivity contribution in [1.82, 2.24) is 0 Å². The van der Waals surface area contributed by atoms with Crippen molar-refractivity contribution in [2.45, 2.75) is 6.61 Å². The Morgan fingerprint density at radius 3 is 2.71 bits per heavy atom. The van der Waals surface area contributed by atoms with Crippen LogP contribution in [0.25, 0.3) is 6.08 Å². The van der Waals surface area contributed by atoms with Crippen molar-refractivity contribution in [2.75, 3.05) is 19.5 Å². The van der Waals surface area contributed by atoms with Crippen LogP contribution in [0, 0.1) is 0 Å². The number of anilines is 1. The molecule has 2 aromatic carbocycles. The number of aliphatic hydroxyl groups is 1. The van der Waals surface area contributed by atoms with E-state index in [1.807, 2.05) is 0 Å². The Balaban J connectivity index is 2.12. The Kier molecular flexibility index (Phi) is 6.23. The van der Waals surface area contributed by atoms with Crippen LogP contribution in [0.15, 0.2) is 42.5 Å². The minimum Gasteiger partial charge on any atom is -0.493 e. The topological polar surface area (TPSA) is 67.8 Å². The molecule has 0 aromatic heterocycles. The lowest BCUT2D eigenvalue weighted by Crippen LogP contribution is -2.07. The molecule has 0 bridgehead atoms. The average molecular weight is 348 g/mol. The Hall–Kier alpha value is -2.50. The molecule has 2 N–H and O–H groups in total. The number of carbonyl (C=O) groups is 1. The second kappa shape index (κ2) is 8.38. The van der Waals surface area contributed by atoms with Crippen LogP contribution in [0.3, 0.4) is 0 Å². The molecule has 0 fully saturated rings. The van der Waals surface area contributed by atoms with E-state index in [0.717, 1.165) is 5.56 Å². The first kappa shape index (κ1) is 17.8. The van der Waals surface area contributed by atoms with E-state index in [0.29, 0.717) is 27.8 Å². The highest BCUT2D eigenvalue weighted by Gasteiger charge is 2.09. The molecule has 0 atom stereocenters. The molecule has 1 amide bonds. The smallest absolute Gasteiger partial charge is 0.248 e. The zero-order chi connectivity index (χ0) is 17.5. The number of halogens is 1. The average Bonchev–Trinajstić information content (AvgIpc) is 2.59. The molecule has 0 radical (unpaired) electrons. The van der Waals surface area contributed by atoms with Crippen molar-refractivity contribution in [3.8, 4) is 11.5 Å². The molecule has 0 saturated heterocycles. The van der Waals surface area contributed by atoms with Gasteiger partial charge in [-0.3, -0.25) is 4.79 Å². The van der Waals surface area contributed by atoms with Crippen molar-refractivity contribution in [1.29, 1.82) is 0 Å². The highest BCUT2D eigenvalue weighted by molar-refractivity contribution is 6.32. The molecule has 0 unspecified atom stereocenters. The summed E-state index contributed by atoms with van der Waals surface area (Å²) >= 11 is 6.13. The summed E-state index contributed by atoms with van der Waals surface area (Å²) in [5, 5.41) is 12.2. The number of hydrogen-bond acceptors (Lipinski definition) is 4. The van der Waals surface area contributed by atoms with Gasteiger partial charge in [0.15, 0.2) is 11.5 Å². The predicted octanol–water partition coefficient (Wildman–Crippen LogP) is 3.50. The van der Waals surface area contributed by atoms with Crippen molar-refractivity contribution >= 4 is 29.3 Å². The van der Waals surface area contributed by atoms with Crippen LogP contribution in [0.4, 0.5) is 5.69 Å². The minimum absolute atomic E-state index is 0.0797. The lowest BCUT2D eigenvalue weighted by atomic mass is 10.1. The molecule has 2 aromatic rings. The maximum atomic E-state index is 12.0. The van der Waals surface area contributed by atoms with Crippen LogP contribution in [0.5, 0.6) is 11.5 Å². The lowest BCUT2D eigenvalue weighted by molar-refractivity contribution is -0.111. The van der Waals surface area contributed by atoms with Gasteiger partial charge in [0.25, 0.3) is 0 Å². The molecule has 126 valence electrons. The van der Waals surface area contributed by atoms with Crippen LogP contribution in [0.2, 0.25) is 5.02 Å². The molecule has 0 aliphatic heterocycles. The molecule has 24 heavy (non-hydrogen) atoms. The third-order valence-corrected chi connectivity index (χ3v) is 3.54. The number of methoxy groups -OCH3 is 2. The van der Waals surface area contributed by atoms with E-state index in [2.05, 4.69) is 5.32 Å². The highest BCUT2D eigenvalue weighted by Crippen LogP contribution is 2.36. The minimum atomic E-state index is -0.295. The van der Waals surface area contributed by atoms with Gasteiger partial charge in [-0.25, -0.2) is 0 Å². The Morgan fingerprint density at radius 2 is 2.04 bits per heavy atom. The summed E-state index contributed by atoms with van der Waals surface area (Å²) in [4.78, 5) is 12.0. The molecular formula is C18H18ClNO4. The standard InChI is InChI=1S/C18H18ClNO4/c1-23-16-10-12(9-15(19)18(16)24-2)6-7-17(22)20-14-5-3-4-13(8-14)11-21/h3-10,21H,11H2,1-2H3,(H,20,22)/b7-6+. The normalized spacial score (nSPS) is 10.7. The molecule has 0 spiro atoms. The zero-order valence-electron chi connectivity index (χ0n) is 13.4. The monoisotopic (exact) mass is 347 g/mol. The van der Waals surface area contributed by atoms with Gasteiger partial charge in [0.1, 0.15) is 0 Å². The van der Waals surface area contributed by atoms with Gasteiger partial charge in [-0.05, 0) is 41.5 Å². The molecule has 0 saturated carbocycles. The number of nitrogens with one attached hydrogen (secondary N) is 1. The highest BCUT2D eigenvalue weighted by atomic mass is 35.5. The number of rotatable bonds is 6. The number of ether oxygens (including phenoxy) is 2. The molecule has 6 heteroatoms. The number of benzene rings is 2. The number of aliphatic hydroxyl groups excluding tert-OH is 1. The summed E-state index contributed by atoms with van der Waals surface area (Å²) in [5.41, 5.74) is 2.04. The van der Waals surface area contributed by atoms with Gasteiger partial charge in [-0.1, -0.05) is 23.7 Å². The zero-order valence-corrected chi connectivity index (χ0v) is 14.1. The van der Waals surface area contributed by atoms with Gasteiger partial charge in [-0.2, -0.15) is 0 Å². The Labute approximate surface area is 145 Å². The van der Waals surface area contributed by atoms with E-state index in [9.17, 15) is 4.79 Å². The van der Waals surface area contributed by atoms with Crippen molar-refractivity contribution in [3.63, 3.8) is 0 Å². The van der Waals surface area contributed by atoms with Crippen LogP contribution >= 0.6 is 11.6 Å². The quantitative estimate of drug-likeness (QED) is 0.785. The first-order valence-electron chi connectivity index (χ1n) is 7.17. The number of hydrogen-bond donors (Lipinski definition) is 2. The van der Waals surface area contributed by atoms with Gasteiger partial charge in [0.05, 0.1) is 25.8 Å². The van der Waals surface area contributed by atoms with Crippen LogP contribution < -0.4 is 14.8 Å². The molecule has 5 nitrogen and oxygen atoms in total. The van der Waals surface area contributed by atoms with E-state index in [1.54, 1.807) is 42.5 Å². The van der Waals surface area contributed by atoms with Crippen LogP contribution in [0.1, 0.15) is 11.1 Å². The van der Waals surface area contributed by atoms with Crippen LogP contribution in [-0.2, 0) is 11.4 Å². The van der Waals surface area contributed by atoms with E-state index in [4.69, 9.17) is 26.2 Å². The van der Waals surface area contributed by atoms with Crippen molar-refractivity contribution in [3.05, 3.63) is 58.6 Å². The molecule has 0 heterocycles. The van der Waals surface area contributed by atoms with Gasteiger partial charge in [0.2, 0.25) is 5.91 Å². The summed E-state index contributed by atoms with van der Waals surface area (Å²) < 4.78 is 10.4. The summed E-state index contributed by atoms with van der Waals surface area (Å²) in [7, 11) is 3.02. The maximum absolute atomic E-state index is 12.0. The van der Waals surface area contributed by atoms with Crippen molar-refractivity contribution in [2.24, 2.45) is 0 Å². The Bertz CT molecular complexity index is 759. The van der Waals surface area contributed by atoms with Gasteiger partial charge in [0, 0.05) is 11.8 Å². The third kappa shape index (κ3) is 4.50. The van der Waals surface area contributed by atoms with E-state index in [1.165, 1.54) is 20.3 Å². The molecule has 0 aliphatic carbocycles. The molecular weight excluding hydrogens is 330 g/mol. The van der Waals surface area contributed by atoms with Crippen LogP contribution in [-0.4, -0.2) is 25.2 Å². The summed E-state index contributed by atoms with van der Waals surface area (Å²) in [6.07, 6.45) is 3.02. The summed E-state index contributed by atoms with van der Waals surface area (Å²) in [6, 6.07) is 10.4. The molecule has 0 aliphatic rings. The largest absolute Gasteiger partial charge is 0.493 e. The second-order valence-corrected chi connectivity index (χ2v) is 5.33. The second-order valence-electron chi connectivity index (χ2n) is 4.92. The number of amides is 1. The SMILES string of the molecule is COc1cc(/C=C/C(=O)Nc2cccc(CO)c2)cc(Cl)c1OC. The lowest BCUT2D eigenvalue weighted by Gasteiger charge is -2.10. The first-order valence-corrected chi connectivity index (χ1v) is 7.55. The Morgan fingerprint density at radius 1 is 1.25 bits per heavy atom. The van der Waals surface area contributed by atoms with Gasteiger partial charge in [-0.15, -0.1) is 0 Å². The third-order valence-electron chi connectivity index (χ3n) is 3.26. The van der Waals surface area contributed by atoms with Gasteiger partial charge >= 0.3 is 0 Å². The number of carbonyl (C=O) groups excluding carboxylic acids is 1. The van der Waals surface area contributed by atoms with E-state index >= 15 is 0 Å². The van der Waals surface area contributed by atoms with E-state index in [-0.39, 0.29) is 12.5 Å². The predicted molar refractivity (Wildman–Crippen MR) is 94.6 cm³/mol. The van der Waals surface area contributed by atoms with Crippen molar-refractivity contribution < 1.29 is 19.4 Å². The fourth-order valence-corrected chi connectivity index (χ4v) is 2.43. The fraction of sp³-hybridized carbons (Fsp3) is 0.167. The fourth-order valence-electron chi connectivity index (χ4n) is 2.14.